The first kappa shape index (κ1) is 25.0. The van der Waals surface area contributed by atoms with Gasteiger partial charge in [-0.1, -0.05) is 13.8 Å². The van der Waals surface area contributed by atoms with Gasteiger partial charge in [0.1, 0.15) is 6.79 Å². The first-order chi connectivity index (χ1) is 13.1. The summed E-state index contributed by atoms with van der Waals surface area (Å²) < 4.78 is 130. The molecular weight excluding hydrogens is 418 g/mol. The van der Waals surface area contributed by atoms with Gasteiger partial charge in [0.25, 0.3) is 11.5 Å². The second-order valence-electron chi connectivity index (χ2n) is 3.96. The molecule has 2 rings (SSSR count). The largest absolute Gasteiger partial charge is 0.307 e. The Morgan fingerprint density at radius 2 is 0.571 bits per heavy atom. The molecule has 0 aliphatic heterocycles. The normalized spacial score (nSPS) is 9.71. The molecule has 0 bridgehead atoms. The Morgan fingerprint density at radius 3 is 0.750 bits per heavy atom. The van der Waals surface area contributed by atoms with Crippen LogP contribution in [0.2, 0.25) is 0 Å². The SMILES string of the molecule is C=O.CC.Fc1c(F)c(F)c(OOc2c(F)c(F)c(F)c(F)c2F)c(F)c1F. The monoisotopic (exact) mass is 426 g/mol. The maximum Gasteiger partial charge on any atom is 0.255 e. The second kappa shape index (κ2) is 10.4. The van der Waals surface area contributed by atoms with Gasteiger partial charge in [-0.15, -0.1) is 0 Å². The van der Waals surface area contributed by atoms with E-state index < -0.39 is 69.7 Å². The van der Waals surface area contributed by atoms with Crippen LogP contribution in [-0.2, 0) is 4.79 Å². The lowest BCUT2D eigenvalue weighted by Gasteiger charge is -2.11. The van der Waals surface area contributed by atoms with Crippen LogP contribution in [0.4, 0.5) is 43.9 Å². The second-order valence-corrected chi connectivity index (χ2v) is 3.96. The van der Waals surface area contributed by atoms with Crippen molar-refractivity contribution in [2.24, 2.45) is 0 Å². The zero-order valence-electron chi connectivity index (χ0n) is 13.7. The van der Waals surface area contributed by atoms with Crippen LogP contribution in [0.1, 0.15) is 13.8 Å². The average Bonchev–Trinajstić information content (AvgIpc) is 2.72. The molecule has 0 spiro atoms. The van der Waals surface area contributed by atoms with Crippen molar-refractivity contribution >= 4 is 6.79 Å². The number of rotatable bonds is 3. The van der Waals surface area contributed by atoms with Crippen molar-refractivity contribution in [3.63, 3.8) is 0 Å². The Balaban J connectivity index is 0.00000171. The van der Waals surface area contributed by atoms with E-state index in [0.29, 0.717) is 0 Å². The molecule has 0 aliphatic carbocycles. The van der Waals surface area contributed by atoms with E-state index in [1.165, 1.54) is 0 Å². The molecule has 0 saturated carbocycles. The van der Waals surface area contributed by atoms with Crippen molar-refractivity contribution in [2.45, 2.75) is 13.8 Å². The van der Waals surface area contributed by atoms with Gasteiger partial charge < -0.3 is 4.79 Å². The molecule has 0 aromatic heterocycles. The molecule has 2 aromatic carbocycles. The highest BCUT2D eigenvalue weighted by molar-refractivity contribution is 5.32. The topological polar surface area (TPSA) is 35.5 Å². The molecule has 28 heavy (non-hydrogen) atoms. The zero-order valence-corrected chi connectivity index (χ0v) is 13.7. The minimum atomic E-state index is -2.58. The number of carbonyl (C=O) groups is 1. The molecule has 0 saturated heterocycles. The van der Waals surface area contributed by atoms with E-state index >= 15 is 0 Å². The van der Waals surface area contributed by atoms with Gasteiger partial charge in [0.2, 0.25) is 58.2 Å². The van der Waals surface area contributed by atoms with Crippen LogP contribution in [0, 0.1) is 58.2 Å². The van der Waals surface area contributed by atoms with Crippen LogP contribution in [0.15, 0.2) is 0 Å². The maximum atomic E-state index is 13.2. The van der Waals surface area contributed by atoms with Crippen LogP contribution in [0.25, 0.3) is 0 Å². The van der Waals surface area contributed by atoms with Gasteiger partial charge in [0, 0.05) is 0 Å². The molecule has 0 N–H and O–H groups in total. The number of hydrogen-bond donors (Lipinski definition) is 0. The van der Waals surface area contributed by atoms with E-state index in [1.54, 1.807) is 0 Å². The molecule has 0 radical (unpaired) electrons. The zero-order chi connectivity index (χ0) is 22.3. The van der Waals surface area contributed by atoms with E-state index in [4.69, 9.17) is 4.79 Å². The molecule has 2 aromatic rings. The lowest BCUT2D eigenvalue weighted by Crippen LogP contribution is -2.13. The van der Waals surface area contributed by atoms with Gasteiger partial charge >= 0.3 is 0 Å². The molecular formula is C15H8F10O3. The summed E-state index contributed by atoms with van der Waals surface area (Å²) in [7, 11) is 0. The van der Waals surface area contributed by atoms with Gasteiger partial charge in [0.05, 0.1) is 0 Å². The summed E-state index contributed by atoms with van der Waals surface area (Å²) in [5, 5.41) is 0. The highest BCUT2D eigenvalue weighted by Gasteiger charge is 2.31. The van der Waals surface area contributed by atoms with Crippen molar-refractivity contribution in [2.75, 3.05) is 0 Å². The first-order valence-corrected chi connectivity index (χ1v) is 6.75. The number of hydrogen-bond acceptors (Lipinski definition) is 3. The minimum absolute atomic E-state index is 2.00. The van der Waals surface area contributed by atoms with Crippen molar-refractivity contribution in [3.05, 3.63) is 58.2 Å². The Bertz CT molecular complexity index is 729. The third-order valence-corrected chi connectivity index (χ3v) is 2.55. The van der Waals surface area contributed by atoms with E-state index in [9.17, 15) is 43.9 Å². The molecule has 0 atom stereocenters. The summed E-state index contributed by atoms with van der Waals surface area (Å²) in [5.41, 5.74) is 0. The number of benzene rings is 2. The Kier molecular flexibility index (Phi) is 9.26. The van der Waals surface area contributed by atoms with Crippen LogP contribution < -0.4 is 9.78 Å². The lowest BCUT2D eigenvalue weighted by atomic mass is 10.2. The Hall–Kier alpha value is -2.99. The van der Waals surface area contributed by atoms with Gasteiger partial charge in [-0.05, 0) is 0 Å². The van der Waals surface area contributed by atoms with E-state index in [-0.39, 0.29) is 0 Å². The summed E-state index contributed by atoms with van der Waals surface area (Å²) in [6.45, 7) is 6.00. The highest BCUT2D eigenvalue weighted by atomic mass is 19.2. The fourth-order valence-electron chi connectivity index (χ4n) is 1.40. The van der Waals surface area contributed by atoms with Crippen molar-refractivity contribution < 1.29 is 58.5 Å². The van der Waals surface area contributed by atoms with E-state index in [2.05, 4.69) is 9.78 Å². The van der Waals surface area contributed by atoms with Crippen LogP contribution in [0.3, 0.4) is 0 Å². The molecule has 0 heterocycles. The lowest BCUT2D eigenvalue weighted by molar-refractivity contribution is -0.114. The highest BCUT2D eigenvalue weighted by Crippen LogP contribution is 2.32. The van der Waals surface area contributed by atoms with E-state index in [0.717, 1.165) is 0 Å². The molecule has 13 heteroatoms. The van der Waals surface area contributed by atoms with Crippen molar-refractivity contribution in [1.29, 1.82) is 0 Å². The van der Waals surface area contributed by atoms with Gasteiger partial charge in [-0.3, -0.25) is 9.78 Å². The third kappa shape index (κ3) is 4.46. The third-order valence-electron chi connectivity index (χ3n) is 2.55. The molecule has 3 nitrogen and oxygen atoms in total. The van der Waals surface area contributed by atoms with Crippen molar-refractivity contribution in [1.82, 2.24) is 0 Å². The molecule has 0 fully saturated rings. The molecule has 156 valence electrons. The van der Waals surface area contributed by atoms with Gasteiger partial charge in [-0.25, -0.2) is 26.3 Å². The first-order valence-electron chi connectivity index (χ1n) is 6.75. The van der Waals surface area contributed by atoms with Gasteiger partial charge in [0.15, 0.2) is 0 Å². The summed E-state index contributed by atoms with van der Waals surface area (Å²) in [6.07, 6.45) is 0. The maximum absolute atomic E-state index is 13.2. The summed E-state index contributed by atoms with van der Waals surface area (Å²) in [6, 6.07) is 0. The molecule has 0 aliphatic rings. The molecule has 0 amide bonds. The quantitative estimate of drug-likeness (QED) is 0.220. The summed E-state index contributed by atoms with van der Waals surface area (Å²) in [5.74, 6) is -29.9. The van der Waals surface area contributed by atoms with Gasteiger partial charge in [-0.2, -0.15) is 17.6 Å². The average molecular weight is 426 g/mol. The standard InChI is InChI=1S/C12F10O2.C2H6.CH2O/c13-1-3(15)7(19)11(8(20)4(1)16)23-24-12-9(21)5(17)2(14)6(18)10(12)22;2*1-2/h;1-2H3;1H2. The Morgan fingerprint density at radius 1 is 0.429 bits per heavy atom. The summed E-state index contributed by atoms with van der Waals surface area (Å²) >= 11 is 0. The van der Waals surface area contributed by atoms with E-state index in [1.807, 2.05) is 20.6 Å². The van der Waals surface area contributed by atoms with Crippen LogP contribution in [0.5, 0.6) is 11.5 Å². The van der Waals surface area contributed by atoms with Crippen molar-refractivity contribution in [3.8, 4) is 11.5 Å². The number of halogens is 10. The fraction of sp³-hybridized carbons (Fsp3) is 0.133. The smallest absolute Gasteiger partial charge is 0.255 e. The van der Waals surface area contributed by atoms with Crippen LogP contribution in [-0.4, -0.2) is 6.79 Å². The predicted octanol–water partition coefficient (Wildman–Crippen LogP) is 5.29. The summed E-state index contributed by atoms with van der Waals surface area (Å²) in [4.78, 5) is 15.1. The Labute approximate surface area is 150 Å². The van der Waals surface area contributed by atoms with Crippen LogP contribution >= 0.6 is 0 Å². The predicted molar refractivity (Wildman–Crippen MR) is 72.2 cm³/mol. The molecule has 0 unspecified atom stereocenters. The minimum Gasteiger partial charge on any atom is -0.307 e. The fourth-order valence-corrected chi connectivity index (χ4v) is 1.40. The number of carbonyl (C=O) groups excluding carboxylic acids is 1.